The minimum atomic E-state index is -4.23. The third-order valence-electron chi connectivity index (χ3n) is 6.07. The first-order chi connectivity index (χ1) is 17.5. The summed E-state index contributed by atoms with van der Waals surface area (Å²) in [6.07, 6.45) is 1.73. The minimum Gasteiger partial charge on any atom is -0.379 e. The van der Waals surface area contributed by atoms with Gasteiger partial charge in [0.15, 0.2) is 0 Å². The Labute approximate surface area is 229 Å². The number of halogens is 2. The van der Waals surface area contributed by atoms with Gasteiger partial charge in [0.1, 0.15) is 10.6 Å². The van der Waals surface area contributed by atoms with E-state index in [9.17, 15) is 13.2 Å². The lowest BCUT2D eigenvalue weighted by molar-refractivity contribution is 0.0790. The molecule has 11 heteroatoms. The summed E-state index contributed by atoms with van der Waals surface area (Å²) in [6, 6.07) is 9.11. The third kappa shape index (κ3) is 7.89. The Bertz CT molecular complexity index is 1180. The molecule has 3 rings (SSSR count). The van der Waals surface area contributed by atoms with Crippen LogP contribution in [0.4, 0.5) is 10.5 Å². The first kappa shape index (κ1) is 29.4. The molecule has 204 valence electrons. The van der Waals surface area contributed by atoms with Crippen LogP contribution in [0.15, 0.2) is 41.3 Å². The van der Waals surface area contributed by atoms with Gasteiger partial charge in [-0.1, -0.05) is 29.3 Å². The summed E-state index contributed by atoms with van der Waals surface area (Å²) in [5.74, 6) is 0.144. The van der Waals surface area contributed by atoms with Crippen LogP contribution in [0, 0.1) is 0 Å². The SMILES string of the molecule is CCN(CC)c1ccc(CN(CC2CCCO2)C(=O)NC(C)C)c(OS(=O)(=O)c2ccc(Cl)c(Cl)c2)c1. The number of hydrogen-bond donors (Lipinski definition) is 1. The van der Waals surface area contributed by atoms with Gasteiger partial charge in [0.05, 0.1) is 22.7 Å². The minimum absolute atomic E-state index is 0.0599. The molecule has 0 aliphatic carbocycles. The fourth-order valence-electron chi connectivity index (χ4n) is 4.13. The second-order valence-electron chi connectivity index (χ2n) is 9.20. The Hall–Kier alpha value is -2.20. The lowest BCUT2D eigenvalue weighted by Gasteiger charge is -2.28. The van der Waals surface area contributed by atoms with E-state index in [0.29, 0.717) is 18.7 Å². The number of carbonyl (C=O) groups is 1. The molecule has 8 nitrogen and oxygen atoms in total. The fraction of sp³-hybridized carbons (Fsp3) is 0.500. The van der Waals surface area contributed by atoms with Gasteiger partial charge >= 0.3 is 16.1 Å². The number of nitrogens with zero attached hydrogens (tertiary/aromatic N) is 2. The van der Waals surface area contributed by atoms with Crippen molar-refractivity contribution in [1.29, 1.82) is 0 Å². The number of rotatable bonds is 11. The quantitative estimate of drug-likeness (QED) is 0.348. The number of hydrogen-bond acceptors (Lipinski definition) is 6. The largest absolute Gasteiger partial charge is 0.379 e. The molecule has 1 saturated heterocycles. The Morgan fingerprint density at radius 3 is 2.46 bits per heavy atom. The Morgan fingerprint density at radius 1 is 1.14 bits per heavy atom. The summed E-state index contributed by atoms with van der Waals surface area (Å²) in [5.41, 5.74) is 1.36. The number of urea groups is 1. The van der Waals surface area contributed by atoms with E-state index in [0.717, 1.165) is 31.6 Å². The molecule has 2 amide bonds. The zero-order valence-electron chi connectivity index (χ0n) is 21.7. The van der Waals surface area contributed by atoms with E-state index in [1.54, 1.807) is 17.0 Å². The lowest BCUT2D eigenvalue weighted by Crippen LogP contribution is -2.45. The smallest absolute Gasteiger partial charge is 0.339 e. The lowest BCUT2D eigenvalue weighted by atomic mass is 10.1. The fourth-order valence-corrected chi connectivity index (χ4v) is 5.48. The maximum atomic E-state index is 13.2. The van der Waals surface area contributed by atoms with Gasteiger partial charge in [-0.25, -0.2) is 4.79 Å². The number of amides is 2. The van der Waals surface area contributed by atoms with Gasteiger partial charge in [0, 0.05) is 49.6 Å². The molecule has 1 N–H and O–H groups in total. The molecular weight excluding hydrogens is 537 g/mol. The van der Waals surface area contributed by atoms with E-state index in [1.165, 1.54) is 18.2 Å². The second kappa shape index (κ2) is 13.0. The van der Waals surface area contributed by atoms with Gasteiger partial charge in [-0.2, -0.15) is 8.42 Å². The normalized spacial score (nSPS) is 15.6. The summed E-state index contributed by atoms with van der Waals surface area (Å²) in [6.45, 7) is 10.5. The molecule has 1 aliphatic heterocycles. The monoisotopic (exact) mass is 571 g/mol. The first-order valence-corrected chi connectivity index (χ1v) is 14.6. The van der Waals surface area contributed by atoms with Crippen molar-refractivity contribution in [1.82, 2.24) is 10.2 Å². The van der Waals surface area contributed by atoms with Gasteiger partial charge < -0.3 is 24.0 Å². The summed E-state index contributed by atoms with van der Waals surface area (Å²) in [5, 5.41) is 3.28. The summed E-state index contributed by atoms with van der Waals surface area (Å²) in [7, 11) is -4.23. The Balaban J connectivity index is 1.99. The van der Waals surface area contributed by atoms with Crippen molar-refractivity contribution in [3.8, 4) is 5.75 Å². The molecule has 2 aromatic carbocycles. The van der Waals surface area contributed by atoms with Crippen molar-refractivity contribution >= 4 is 45.0 Å². The standard InChI is InChI=1S/C26H35Cl2N3O5S/c1-5-30(6-2)20-10-9-19(16-31(26(32)29-18(3)4)17-21-8-7-13-35-21)25(14-20)36-37(33,34)22-11-12-23(27)24(28)15-22/h9-12,14-15,18,21H,5-8,13,16-17H2,1-4H3,(H,29,32). The van der Waals surface area contributed by atoms with Crippen LogP contribution in [0.3, 0.4) is 0 Å². The summed E-state index contributed by atoms with van der Waals surface area (Å²) < 4.78 is 37.9. The summed E-state index contributed by atoms with van der Waals surface area (Å²) >= 11 is 12.0. The highest BCUT2D eigenvalue weighted by Crippen LogP contribution is 2.32. The van der Waals surface area contributed by atoms with Crippen molar-refractivity contribution < 1.29 is 22.1 Å². The van der Waals surface area contributed by atoms with Crippen LogP contribution in [0.1, 0.15) is 46.1 Å². The van der Waals surface area contributed by atoms with Crippen LogP contribution in [0.5, 0.6) is 5.75 Å². The molecule has 1 aliphatic rings. The number of anilines is 1. The predicted octanol–water partition coefficient (Wildman–Crippen LogP) is 5.71. The molecule has 0 bridgehead atoms. The average molecular weight is 573 g/mol. The van der Waals surface area contributed by atoms with E-state index in [1.807, 2.05) is 33.8 Å². The van der Waals surface area contributed by atoms with Crippen molar-refractivity contribution in [2.75, 3.05) is 31.1 Å². The first-order valence-electron chi connectivity index (χ1n) is 12.5. The molecule has 37 heavy (non-hydrogen) atoms. The van der Waals surface area contributed by atoms with Gasteiger partial charge in [0.2, 0.25) is 0 Å². The molecule has 1 unspecified atom stereocenters. The van der Waals surface area contributed by atoms with E-state index < -0.39 is 10.1 Å². The molecule has 0 radical (unpaired) electrons. The predicted molar refractivity (Wildman–Crippen MR) is 147 cm³/mol. The highest BCUT2D eigenvalue weighted by Gasteiger charge is 2.26. The van der Waals surface area contributed by atoms with Crippen LogP contribution in [0.2, 0.25) is 10.0 Å². The summed E-state index contributed by atoms with van der Waals surface area (Å²) in [4.78, 5) is 16.7. The Morgan fingerprint density at radius 2 is 1.86 bits per heavy atom. The van der Waals surface area contributed by atoms with Crippen LogP contribution >= 0.6 is 23.2 Å². The van der Waals surface area contributed by atoms with E-state index >= 15 is 0 Å². The van der Waals surface area contributed by atoms with Gasteiger partial charge in [-0.15, -0.1) is 0 Å². The van der Waals surface area contributed by atoms with Gasteiger partial charge in [-0.3, -0.25) is 0 Å². The third-order valence-corrected chi connectivity index (χ3v) is 8.04. The van der Waals surface area contributed by atoms with Crippen molar-refractivity contribution in [2.45, 2.75) is 64.1 Å². The maximum absolute atomic E-state index is 13.2. The second-order valence-corrected chi connectivity index (χ2v) is 11.6. The number of ether oxygens (including phenoxy) is 1. The Kier molecular flexibility index (Phi) is 10.3. The van der Waals surface area contributed by atoms with Crippen molar-refractivity contribution in [2.24, 2.45) is 0 Å². The van der Waals surface area contributed by atoms with Crippen molar-refractivity contribution in [3.05, 3.63) is 52.0 Å². The number of carbonyl (C=O) groups excluding carboxylic acids is 1. The highest BCUT2D eigenvalue weighted by atomic mass is 35.5. The zero-order valence-corrected chi connectivity index (χ0v) is 24.0. The van der Waals surface area contributed by atoms with Gasteiger partial charge in [-0.05, 0) is 64.8 Å². The molecule has 2 aromatic rings. The maximum Gasteiger partial charge on any atom is 0.339 e. The topological polar surface area (TPSA) is 88.2 Å². The van der Waals surface area contributed by atoms with E-state index in [2.05, 4.69) is 10.2 Å². The number of benzene rings is 2. The molecule has 0 spiro atoms. The zero-order chi connectivity index (χ0) is 27.2. The molecule has 1 atom stereocenters. The van der Waals surface area contributed by atoms with Crippen LogP contribution < -0.4 is 14.4 Å². The highest BCUT2D eigenvalue weighted by molar-refractivity contribution is 7.87. The number of nitrogens with one attached hydrogen (secondary N) is 1. The van der Waals surface area contributed by atoms with Crippen LogP contribution in [0.25, 0.3) is 0 Å². The van der Waals surface area contributed by atoms with E-state index in [-0.39, 0.29) is 45.4 Å². The average Bonchev–Trinajstić information content (AvgIpc) is 3.35. The molecular formula is C26H35Cl2N3O5S. The van der Waals surface area contributed by atoms with Gasteiger partial charge in [0.25, 0.3) is 0 Å². The van der Waals surface area contributed by atoms with Crippen molar-refractivity contribution in [3.63, 3.8) is 0 Å². The molecule has 0 saturated carbocycles. The molecule has 1 fully saturated rings. The van der Waals surface area contributed by atoms with Crippen LogP contribution in [-0.2, 0) is 21.4 Å². The molecule has 1 heterocycles. The molecule has 0 aromatic heterocycles. The van der Waals surface area contributed by atoms with E-state index in [4.69, 9.17) is 32.1 Å². The van der Waals surface area contributed by atoms with Crippen LogP contribution in [-0.4, -0.2) is 57.7 Å².